The maximum absolute atomic E-state index is 14.1. The third kappa shape index (κ3) is 2.94. The molecular weight excluding hydrogens is 254 g/mol. The Hall–Kier alpha value is -1.85. The van der Waals surface area contributed by atoms with Crippen LogP contribution in [0.25, 0.3) is 0 Å². The first kappa shape index (κ1) is 13.6. The second-order valence-electron chi connectivity index (χ2n) is 5.38. The fourth-order valence-corrected chi connectivity index (χ4v) is 1.90. The summed E-state index contributed by atoms with van der Waals surface area (Å²) in [6, 6.07) is 1.18. The number of anilines is 2. The van der Waals surface area contributed by atoms with E-state index in [0.29, 0.717) is 24.2 Å². The van der Waals surface area contributed by atoms with Crippen LogP contribution in [0.5, 0.6) is 0 Å². The van der Waals surface area contributed by atoms with E-state index in [1.54, 1.807) is 20.8 Å². The monoisotopic (exact) mass is 270 g/mol. The lowest BCUT2D eigenvalue weighted by Gasteiger charge is -2.20. The summed E-state index contributed by atoms with van der Waals surface area (Å²) in [7, 11) is 0. The van der Waals surface area contributed by atoms with Gasteiger partial charge < -0.3 is 10.1 Å². The van der Waals surface area contributed by atoms with Crippen molar-refractivity contribution >= 4 is 17.5 Å². The van der Waals surface area contributed by atoms with E-state index in [0.717, 1.165) is 0 Å². The van der Waals surface area contributed by atoms with E-state index in [2.05, 4.69) is 10.6 Å². The van der Waals surface area contributed by atoms with E-state index in [-0.39, 0.29) is 0 Å². The number of rotatable bonds is 1. The molecule has 4 nitrogen and oxygen atoms in total. The minimum atomic E-state index is -0.879. The molecule has 6 heteroatoms. The van der Waals surface area contributed by atoms with E-state index in [1.807, 2.05) is 0 Å². The van der Waals surface area contributed by atoms with Gasteiger partial charge in [-0.1, -0.05) is 0 Å². The first-order valence-corrected chi connectivity index (χ1v) is 6.02. The normalized spacial score (nSPS) is 13.7. The maximum atomic E-state index is 14.1. The zero-order chi connectivity index (χ0) is 14.2. The van der Waals surface area contributed by atoms with Gasteiger partial charge in [-0.2, -0.15) is 0 Å². The summed E-state index contributed by atoms with van der Waals surface area (Å²) in [6.07, 6.45) is -0.416. The molecule has 0 atom stereocenters. The van der Waals surface area contributed by atoms with Crippen LogP contribution >= 0.6 is 0 Å². The van der Waals surface area contributed by atoms with Gasteiger partial charge in [0.2, 0.25) is 0 Å². The van der Waals surface area contributed by atoms with Crippen molar-refractivity contribution in [2.45, 2.75) is 32.8 Å². The van der Waals surface area contributed by atoms with Gasteiger partial charge in [0.05, 0.1) is 0 Å². The van der Waals surface area contributed by atoms with E-state index in [4.69, 9.17) is 4.74 Å². The molecule has 19 heavy (non-hydrogen) atoms. The lowest BCUT2D eigenvalue weighted by Crippen LogP contribution is -2.28. The zero-order valence-corrected chi connectivity index (χ0v) is 11.1. The third-order valence-electron chi connectivity index (χ3n) is 2.64. The number of halogens is 2. The van der Waals surface area contributed by atoms with Gasteiger partial charge in [-0.15, -0.1) is 0 Å². The van der Waals surface area contributed by atoms with Crippen molar-refractivity contribution < 1.29 is 18.3 Å². The molecule has 0 radical (unpaired) electrons. The standard InChI is InChI=1S/C13H16F2N2O2/c1-13(2,3)19-12(18)17-11-8(14)6-9-7(10(11)15)4-5-16-9/h6,16H,4-5H2,1-3H3,(H,17,18). The Balaban J connectivity index is 2.24. The molecule has 0 fully saturated rings. The molecular formula is C13H16F2N2O2. The highest BCUT2D eigenvalue weighted by Gasteiger charge is 2.24. The van der Waals surface area contributed by atoms with Gasteiger partial charge in [0.15, 0.2) is 11.6 Å². The Morgan fingerprint density at radius 3 is 2.74 bits per heavy atom. The molecule has 1 aliphatic heterocycles. The minimum absolute atomic E-state index is 0.382. The largest absolute Gasteiger partial charge is 0.444 e. The smallest absolute Gasteiger partial charge is 0.412 e. The van der Waals surface area contributed by atoms with Crippen LogP contribution in [0.1, 0.15) is 26.3 Å². The number of hydrogen-bond donors (Lipinski definition) is 2. The molecule has 1 aliphatic rings. The van der Waals surface area contributed by atoms with Crippen molar-refractivity contribution in [1.82, 2.24) is 0 Å². The van der Waals surface area contributed by atoms with Gasteiger partial charge in [-0.25, -0.2) is 13.6 Å². The molecule has 1 heterocycles. The Labute approximate surface area is 110 Å². The van der Waals surface area contributed by atoms with Crippen LogP contribution in [-0.2, 0) is 11.2 Å². The molecule has 0 saturated heterocycles. The predicted molar refractivity (Wildman–Crippen MR) is 68.4 cm³/mol. The van der Waals surface area contributed by atoms with Crippen molar-refractivity contribution in [3.63, 3.8) is 0 Å². The lowest BCUT2D eigenvalue weighted by molar-refractivity contribution is 0.0634. The molecule has 1 aromatic carbocycles. The summed E-state index contributed by atoms with van der Waals surface area (Å²) >= 11 is 0. The second-order valence-corrected chi connectivity index (χ2v) is 5.38. The number of ether oxygens (including phenoxy) is 1. The summed E-state index contributed by atoms with van der Waals surface area (Å²) in [5.41, 5.74) is -0.371. The van der Waals surface area contributed by atoms with E-state index >= 15 is 0 Å². The zero-order valence-electron chi connectivity index (χ0n) is 11.1. The summed E-state index contributed by atoms with van der Waals surface area (Å²) in [4.78, 5) is 11.6. The fourth-order valence-electron chi connectivity index (χ4n) is 1.90. The van der Waals surface area contributed by atoms with Crippen LogP contribution in [-0.4, -0.2) is 18.2 Å². The van der Waals surface area contributed by atoms with Crippen LogP contribution < -0.4 is 10.6 Å². The molecule has 104 valence electrons. The first-order chi connectivity index (χ1) is 8.78. The van der Waals surface area contributed by atoms with Crippen LogP contribution in [0.3, 0.4) is 0 Å². The molecule has 0 spiro atoms. The molecule has 1 aromatic rings. The van der Waals surface area contributed by atoms with Crippen LogP contribution in [0, 0.1) is 11.6 Å². The molecule has 0 aliphatic carbocycles. The number of carbonyl (C=O) groups is 1. The van der Waals surface area contributed by atoms with Crippen LogP contribution in [0.4, 0.5) is 25.0 Å². The fraction of sp³-hybridized carbons (Fsp3) is 0.462. The first-order valence-electron chi connectivity index (χ1n) is 6.02. The Morgan fingerprint density at radius 1 is 1.42 bits per heavy atom. The number of amides is 1. The average molecular weight is 270 g/mol. The highest BCUT2D eigenvalue weighted by atomic mass is 19.1. The Bertz CT molecular complexity index is 524. The highest BCUT2D eigenvalue weighted by molar-refractivity contribution is 5.86. The van der Waals surface area contributed by atoms with Crippen molar-refractivity contribution in [3.05, 3.63) is 23.3 Å². The third-order valence-corrected chi connectivity index (χ3v) is 2.64. The number of nitrogens with one attached hydrogen (secondary N) is 2. The number of fused-ring (bicyclic) bond motifs is 1. The van der Waals surface area contributed by atoms with E-state index < -0.39 is 29.0 Å². The van der Waals surface area contributed by atoms with Gasteiger partial charge in [-0.3, -0.25) is 5.32 Å². The quantitative estimate of drug-likeness (QED) is 0.823. The van der Waals surface area contributed by atoms with E-state index in [9.17, 15) is 13.6 Å². The van der Waals surface area contributed by atoms with Crippen LogP contribution in [0.2, 0.25) is 0 Å². The second kappa shape index (κ2) is 4.68. The Kier molecular flexibility index (Phi) is 3.34. The Morgan fingerprint density at radius 2 is 2.11 bits per heavy atom. The number of hydrogen-bond acceptors (Lipinski definition) is 3. The van der Waals surface area contributed by atoms with Gasteiger partial charge in [0, 0.05) is 17.8 Å². The SMILES string of the molecule is CC(C)(C)OC(=O)Nc1c(F)cc2c(c1F)CCN2. The van der Waals surface area contributed by atoms with E-state index in [1.165, 1.54) is 6.07 Å². The van der Waals surface area contributed by atoms with Crippen molar-refractivity contribution in [3.8, 4) is 0 Å². The van der Waals surface area contributed by atoms with Gasteiger partial charge in [0.25, 0.3) is 0 Å². The minimum Gasteiger partial charge on any atom is -0.444 e. The molecule has 0 saturated carbocycles. The molecule has 0 unspecified atom stereocenters. The van der Waals surface area contributed by atoms with Gasteiger partial charge >= 0.3 is 6.09 Å². The average Bonchev–Trinajstić information content (AvgIpc) is 2.69. The number of carbonyl (C=O) groups excluding carboxylic acids is 1. The van der Waals surface area contributed by atoms with Crippen LogP contribution in [0.15, 0.2) is 6.07 Å². The molecule has 2 N–H and O–H groups in total. The van der Waals surface area contributed by atoms with Crippen molar-refractivity contribution in [2.75, 3.05) is 17.2 Å². The predicted octanol–water partition coefficient (Wildman–Crippen LogP) is 3.28. The topological polar surface area (TPSA) is 50.4 Å². The summed E-state index contributed by atoms with van der Waals surface area (Å²) < 4.78 is 32.8. The summed E-state index contributed by atoms with van der Waals surface area (Å²) in [6.45, 7) is 5.57. The molecule has 0 bridgehead atoms. The molecule has 1 amide bonds. The molecule has 2 rings (SSSR count). The van der Waals surface area contributed by atoms with Crippen molar-refractivity contribution in [2.24, 2.45) is 0 Å². The summed E-state index contributed by atoms with van der Waals surface area (Å²) in [5, 5.41) is 5.00. The lowest BCUT2D eigenvalue weighted by atomic mass is 10.1. The van der Waals surface area contributed by atoms with Crippen molar-refractivity contribution in [1.29, 1.82) is 0 Å². The highest BCUT2D eigenvalue weighted by Crippen LogP contribution is 2.32. The molecule has 0 aromatic heterocycles. The van der Waals surface area contributed by atoms with Gasteiger partial charge in [0.1, 0.15) is 11.3 Å². The van der Waals surface area contributed by atoms with Gasteiger partial charge in [-0.05, 0) is 33.3 Å². The number of benzene rings is 1. The maximum Gasteiger partial charge on any atom is 0.412 e. The summed E-state index contributed by atoms with van der Waals surface area (Å²) in [5.74, 6) is -1.57.